The number of nitrogens with zero attached hydrogens (tertiary/aromatic N) is 3. The van der Waals surface area contributed by atoms with Crippen molar-refractivity contribution >= 4 is 5.57 Å². The van der Waals surface area contributed by atoms with Crippen LogP contribution in [0.2, 0.25) is 0 Å². The van der Waals surface area contributed by atoms with Crippen molar-refractivity contribution in [3.05, 3.63) is 35.4 Å². The Morgan fingerprint density at radius 2 is 1.67 bits per heavy atom. The van der Waals surface area contributed by atoms with Gasteiger partial charge in [-0.25, -0.2) is 0 Å². The lowest BCUT2D eigenvalue weighted by Crippen LogP contribution is -2.53. The number of benzene rings is 1. The van der Waals surface area contributed by atoms with Crippen LogP contribution in [0.5, 0.6) is 5.75 Å². The van der Waals surface area contributed by atoms with E-state index in [4.69, 9.17) is 0 Å². The highest BCUT2D eigenvalue weighted by Crippen LogP contribution is 2.30. The van der Waals surface area contributed by atoms with E-state index in [0.717, 1.165) is 31.5 Å². The number of likely N-dealkylation sites (tertiary alicyclic amines) is 2. The van der Waals surface area contributed by atoms with Crippen LogP contribution in [-0.4, -0.2) is 65.5 Å². The van der Waals surface area contributed by atoms with Crippen LogP contribution in [0.3, 0.4) is 0 Å². The fraction of sp³-hybridized carbons (Fsp3) is 0.571. The van der Waals surface area contributed by atoms with E-state index >= 15 is 0 Å². The first-order chi connectivity index (χ1) is 14.3. The van der Waals surface area contributed by atoms with Gasteiger partial charge in [0.15, 0.2) is 6.35 Å². The molecule has 0 aromatic heterocycles. The summed E-state index contributed by atoms with van der Waals surface area (Å²) in [4.78, 5) is 3.98. The number of ether oxygens (including phenoxy) is 1. The highest BCUT2D eigenvalue weighted by atomic mass is 19.4. The molecule has 1 aromatic rings. The number of allylic oxidation sites excluding steroid dienone is 1. The normalized spacial score (nSPS) is 20.6. The Balaban J connectivity index is 1.61. The monoisotopic (exact) mass is 425 g/mol. The number of hydrogen-bond acceptors (Lipinski definition) is 6. The van der Waals surface area contributed by atoms with Crippen LogP contribution in [0, 0.1) is 17.2 Å². The van der Waals surface area contributed by atoms with Gasteiger partial charge in [0.2, 0.25) is 0 Å². The molecule has 0 bridgehead atoms. The molecule has 30 heavy (non-hydrogen) atoms. The summed E-state index contributed by atoms with van der Waals surface area (Å²) < 4.78 is 40.8. The fourth-order valence-corrected chi connectivity index (χ4v) is 4.04. The number of rotatable bonds is 5. The number of halogens is 3. The van der Waals surface area contributed by atoms with E-state index in [1.54, 1.807) is 0 Å². The molecule has 2 heterocycles. The van der Waals surface area contributed by atoms with Gasteiger partial charge in [0.1, 0.15) is 5.75 Å². The molecule has 1 atom stereocenters. The quantitative estimate of drug-likeness (QED) is 0.707. The molecule has 2 aliphatic rings. The van der Waals surface area contributed by atoms with Gasteiger partial charge in [-0.2, -0.15) is 5.26 Å². The lowest BCUT2D eigenvalue weighted by atomic mass is 9.93. The van der Waals surface area contributed by atoms with Crippen molar-refractivity contribution in [1.29, 1.82) is 5.26 Å². The van der Waals surface area contributed by atoms with Crippen LogP contribution < -0.4 is 4.74 Å². The molecule has 0 spiro atoms. The maximum absolute atomic E-state index is 12.3. The summed E-state index contributed by atoms with van der Waals surface area (Å²) >= 11 is 0. The van der Waals surface area contributed by atoms with E-state index in [2.05, 4.69) is 10.8 Å². The van der Waals surface area contributed by atoms with Crippen molar-refractivity contribution in [1.82, 2.24) is 9.80 Å². The van der Waals surface area contributed by atoms with E-state index < -0.39 is 12.7 Å². The molecule has 2 aliphatic heterocycles. The zero-order valence-electron chi connectivity index (χ0n) is 16.6. The maximum Gasteiger partial charge on any atom is 0.573 e. The minimum Gasteiger partial charge on any atom is -0.406 e. The first-order valence-corrected chi connectivity index (χ1v) is 10.1. The van der Waals surface area contributed by atoms with Crippen LogP contribution in [0.15, 0.2) is 29.8 Å². The van der Waals surface area contributed by atoms with Gasteiger partial charge in [0.25, 0.3) is 0 Å². The number of hydrogen-bond donors (Lipinski definition) is 2. The fourth-order valence-electron chi connectivity index (χ4n) is 4.04. The van der Waals surface area contributed by atoms with Gasteiger partial charge >= 0.3 is 6.36 Å². The van der Waals surface area contributed by atoms with Crippen molar-refractivity contribution in [2.75, 3.05) is 32.8 Å². The van der Waals surface area contributed by atoms with Crippen LogP contribution >= 0.6 is 0 Å². The average Bonchev–Trinajstić information content (AvgIpc) is 2.74. The van der Waals surface area contributed by atoms with E-state index in [1.807, 2.05) is 9.80 Å². The first-order valence-electron chi connectivity index (χ1n) is 10.1. The number of piperidine rings is 2. The lowest BCUT2D eigenvalue weighted by molar-refractivity contribution is -0.274. The Labute approximate surface area is 173 Å². The minimum absolute atomic E-state index is 0.183. The molecule has 6 nitrogen and oxygen atoms in total. The second-order valence-corrected chi connectivity index (χ2v) is 7.71. The molecule has 3 rings (SSSR count). The second-order valence-electron chi connectivity index (χ2n) is 7.71. The first kappa shape index (κ1) is 22.6. The molecule has 2 N–H and O–H groups in total. The van der Waals surface area contributed by atoms with E-state index in [-0.39, 0.29) is 12.4 Å². The molecule has 0 saturated carbocycles. The van der Waals surface area contributed by atoms with Gasteiger partial charge in [-0.15, -0.1) is 13.2 Å². The molecule has 2 fully saturated rings. The van der Waals surface area contributed by atoms with Crippen molar-refractivity contribution in [2.45, 2.75) is 38.4 Å². The molecular weight excluding hydrogens is 399 g/mol. The Bertz CT molecular complexity index is 771. The van der Waals surface area contributed by atoms with Crippen molar-refractivity contribution in [3.8, 4) is 11.8 Å². The SMILES string of the molecule is N#CC(=C1CCN([C@@H](O)N2CCC(CO)CC2)CC1)c1ccc(OC(F)(F)F)cc1. The topological polar surface area (TPSA) is 80.0 Å². The van der Waals surface area contributed by atoms with Gasteiger partial charge in [-0.05, 0) is 67.0 Å². The molecule has 0 radical (unpaired) electrons. The molecule has 0 amide bonds. The number of alkyl halides is 3. The Morgan fingerprint density at radius 1 is 1.10 bits per heavy atom. The zero-order chi connectivity index (χ0) is 21.7. The van der Waals surface area contributed by atoms with Gasteiger partial charge < -0.3 is 14.9 Å². The molecule has 9 heteroatoms. The summed E-state index contributed by atoms with van der Waals surface area (Å²) in [5.74, 6) is -0.0214. The predicted octanol–water partition coefficient (Wildman–Crippen LogP) is 2.94. The molecule has 2 saturated heterocycles. The summed E-state index contributed by atoms with van der Waals surface area (Å²) in [5.41, 5.74) is 1.96. The Morgan fingerprint density at radius 3 is 2.17 bits per heavy atom. The molecule has 1 aromatic carbocycles. The van der Waals surface area contributed by atoms with E-state index in [1.165, 1.54) is 24.3 Å². The van der Waals surface area contributed by atoms with Crippen LogP contribution in [0.1, 0.15) is 31.2 Å². The third-order valence-corrected chi connectivity index (χ3v) is 5.80. The van der Waals surface area contributed by atoms with Gasteiger partial charge in [0.05, 0.1) is 11.6 Å². The standard InChI is InChI=1S/C21H26F3N3O3/c22-21(23,24)30-18-3-1-16(2-4-18)19(13-25)17-7-11-27(12-8-17)20(29)26-9-5-15(14-28)6-10-26/h1-4,15,20,28-29H,5-12,14H2/t20-/m0/s1. The summed E-state index contributed by atoms with van der Waals surface area (Å²) in [6.45, 7) is 2.85. The second kappa shape index (κ2) is 9.79. The Kier molecular flexibility index (Phi) is 7.36. The lowest BCUT2D eigenvalue weighted by Gasteiger charge is -2.41. The highest BCUT2D eigenvalue weighted by Gasteiger charge is 2.31. The summed E-state index contributed by atoms with van der Waals surface area (Å²) in [6, 6.07) is 7.50. The molecule has 0 unspecified atom stereocenters. The largest absolute Gasteiger partial charge is 0.573 e. The maximum atomic E-state index is 12.3. The third-order valence-electron chi connectivity index (χ3n) is 5.80. The van der Waals surface area contributed by atoms with Crippen molar-refractivity contribution in [3.63, 3.8) is 0 Å². The van der Waals surface area contributed by atoms with Gasteiger partial charge in [-0.3, -0.25) is 9.80 Å². The average molecular weight is 425 g/mol. The van der Waals surface area contributed by atoms with Crippen molar-refractivity contribution in [2.24, 2.45) is 5.92 Å². The van der Waals surface area contributed by atoms with Crippen molar-refractivity contribution < 1.29 is 28.1 Å². The van der Waals surface area contributed by atoms with Gasteiger partial charge in [0, 0.05) is 32.8 Å². The summed E-state index contributed by atoms with van der Waals surface area (Å²) in [7, 11) is 0. The van der Waals surface area contributed by atoms with Crippen LogP contribution in [0.4, 0.5) is 13.2 Å². The number of aliphatic hydroxyl groups is 2. The van der Waals surface area contributed by atoms with Crippen LogP contribution in [-0.2, 0) is 0 Å². The summed E-state index contributed by atoms with van der Waals surface area (Å²) in [5, 5.41) is 29.5. The highest BCUT2D eigenvalue weighted by molar-refractivity contribution is 5.79. The third kappa shape index (κ3) is 5.73. The molecule has 164 valence electrons. The Hall–Kier alpha value is -2.12. The van der Waals surface area contributed by atoms with E-state index in [9.17, 15) is 28.6 Å². The van der Waals surface area contributed by atoms with Gasteiger partial charge in [-0.1, -0.05) is 0 Å². The van der Waals surface area contributed by atoms with E-state index in [0.29, 0.717) is 43.0 Å². The summed E-state index contributed by atoms with van der Waals surface area (Å²) in [6.07, 6.45) is -2.50. The predicted molar refractivity (Wildman–Crippen MR) is 104 cm³/mol. The molecule has 0 aliphatic carbocycles. The van der Waals surface area contributed by atoms with Crippen LogP contribution in [0.25, 0.3) is 5.57 Å². The molecular formula is C21H26F3N3O3. The number of nitriles is 1. The smallest absolute Gasteiger partial charge is 0.406 e. The zero-order valence-corrected chi connectivity index (χ0v) is 16.6. The minimum atomic E-state index is -4.75. The number of aliphatic hydroxyl groups excluding tert-OH is 2.